The van der Waals surface area contributed by atoms with Crippen LogP contribution < -0.4 is 9.64 Å². The highest BCUT2D eigenvalue weighted by atomic mass is 35.5. The summed E-state index contributed by atoms with van der Waals surface area (Å²) in [5.41, 5.74) is 1.03. The van der Waals surface area contributed by atoms with Crippen LogP contribution in [0.15, 0.2) is 48.5 Å². The predicted molar refractivity (Wildman–Crippen MR) is 108 cm³/mol. The Labute approximate surface area is 173 Å². The van der Waals surface area contributed by atoms with Crippen LogP contribution in [0.4, 0.5) is 5.69 Å². The van der Waals surface area contributed by atoms with E-state index in [0.29, 0.717) is 33.9 Å². The molecule has 1 saturated heterocycles. The quantitative estimate of drug-likeness (QED) is 0.550. The van der Waals surface area contributed by atoms with E-state index in [4.69, 9.17) is 16.3 Å². The summed E-state index contributed by atoms with van der Waals surface area (Å²) in [6.07, 6.45) is 3.11. The number of rotatable bonds is 5. The summed E-state index contributed by atoms with van der Waals surface area (Å²) in [7, 11) is 0. The topological polar surface area (TPSA) is 63.7 Å². The van der Waals surface area contributed by atoms with Gasteiger partial charge in [0.15, 0.2) is 12.4 Å². The first-order chi connectivity index (χ1) is 14.0. The minimum absolute atomic E-state index is 0.0819. The number of hydrogen-bond acceptors (Lipinski definition) is 4. The van der Waals surface area contributed by atoms with E-state index < -0.39 is 0 Å². The Morgan fingerprint density at radius 2 is 1.66 bits per heavy atom. The van der Waals surface area contributed by atoms with Crippen LogP contribution in [0.25, 0.3) is 0 Å². The monoisotopic (exact) mass is 409 g/mol. The summed E-state index contributed by atoms with van der Waals surface area (Å²) in [5, 5.41) is 0.563. The minimum atomic E-state index is -0.175. The number of ketones is 1. The lowest BCUT2D eigenvalue weighted by molar-refractivity contribution is -0.123. The molecule has 1 aliphatic heterocycles. The van der Waals surface area contributed by atoms with E-state index in [2.05, 4.69) is 0 Å². The predicted octanol–water partition coefficient (Wildman–Crippen LogP) is 4.14. The van der Waals surface area contributed by atoms with Crippen LogP contribution in [-0.4, -0.2) is 24.2 Å². The summed E-state index contributed by atoms with van der Waals surface area (Å²) in [6, 6.07) is 13.5. The molecular weight excluding hydrogens is 390 g/mol. The fourth-order valence-corrected chi connectivity index (χ4v) is 5.37. The van der Waals surface area contributed by atoms with Gasteiger partial charge in [0.2, 0.25) is 11.8 Å². The average Bonchev–Trinajstić information content (AvgIpc) is 3.41. The van der Waals surface area contributed by atoms with Gasteiger partial charge in [-0.2, -0.15) is 0 Å². The number of carbonyl (C=O) groups excluding carboxylic acids is 3. The highest BCUT2D eigenvalue weighted by molar-refractivity contribution is 6.30. The number of fused-ring (bicyclic) bond motifs is 5. The molecule has 2 aliphatic carbocycles. The highest BCUT2D eigenvalue weighted by Crippen LogP contribution is 2.56. The first-order valence-electron chi connectivity index (χ1n) is 9.92. The summed E-state index contributed by atoms with van der Waals surface area (Å²) in [6.45, 7) is -0.137. The first-order valence-corrected chi connectivity index (χ1v) is 10.3. The van der Waals surface area contributed by atoms with Crippen LogP contribution >= 0.6 is 11.6 Å². The number of nitrogens with zero attached hydrogens (tertiary/aromatic N) is 1. The molecular formula is C23H20ClNO4. The molecule has 0 spiro atoms. The standard InChI is InChI=1S/C23H20ClNO4/c24-16-8-6-13(7-9-16)19(26)12-29-18-3-1-2-17(11-18)25-22(27)20-14-4-5-15(10-14)21(20)23(25)28/h1-3,6-9,11,14-15,20-21H,4-5,10,12H2/t14-,15+,20+,21-. The molecule has 3 aliphatic rings. The van der Waals surface area contributed by atoms with Crippen molar-refractivity contribution < 1.29 is 19.1 Å². The van der Waals surface area contributed by atoms with Crippen molar-refractivity contribution in [3.63, 3.8) is 0 Å². The second-order valence-electron chi connectivity index (χ2n) is 8.11. The number of imide groups is 1. The van der Waals surface area contributed by atoms with Crippen molar-refractivity contribution in [2.45, 2.75) is 19.3 Å². The lowest BCUT2D eigenvalue weighted by atomic mass is 9.81. The largest absolute Gasteiger partial charge is 0.485 e. The fraction of sp³-hybridized carbons (Fsp3) is 0.348. The van der Waals surface area contributed by atoms with Crippen molar-refractivity contribution in [1.82, 2.24) is 0 Å². The van der Waals surface area contributed by atoms with Gasteiger partial charge in [-0.3, -0.25) is 14.4 Å². The molecule has 5 rings (SSSR count). The van der Waals surface area contributed by atoms with Gasteiger partial charge in [-0.05, 0) is 67.5 Å². The van der Waals surface area contributed by atoms with Crippen molar-refractivity contribution in [1.29, 1.82) is 0 Å². The van der Waals surface area contributed by atoms with Gasteiger partial charge in [0.05, 0.1) is 17.5 Å². The van der Waals surface area contributed by atoms with Crippen LogP contribution in [0, 0.1) is 23.7 Å². The third-order valence-corrected chi connectivity index (χ3v) is 6.79. The van der Waals surface area contributed by atoms with Crippen molar-refractivity contribution in [2.24, 2.45) is 23.7 Å². The van der Waals surface area contributed by atoms with Gasteiger partial charge in [0, 0.05) is 16.7 Å². The van der Waals surface area contributed by atoms with E-state index >= 15 is 0 Å². The molecule has 0 aromatic heterocycles. The SMILES string of the molecule is O=C(COc1cccc(N2C(=O)[C@@H]3[C@H]4CC[C@H](C4)[C@@H]3C2=O)c1)c1ccc(Cl)cc1. The lowest BCUT2D eigenvalue weighted by Crippen LogP contribution is -2.32. The van der Waals surface area contributed by atoms with Gasteiger partial charge < -0.3 is 4.74 Å². The molecule has 2 aromatic carbocycles. The molecule has 2 bridgehead atoms. The Morgan fingerprint density at radius 3 is 2.31 bits per heavy atom. The van der Waals surface area contributed by atoms with Gasteiger partial charge in [-0.25, -0.2) is 4.90 Å². The van der Waals surface area contributed by atoms with Gasteiger partial charge in [0.1, 0.15) is 5.75 Å². The second kappa shape index (κ2) is 6.99. The number of hydrogen-bond donors (Lipinski definition) is 0. The first kappa shape index (κ1) is 18.4. The zero-order valence-corrected chi connectivity index (χ0v) is 16.5. The number of Topliss-reactive ketones (excluding diaryl/α,β-unsaturated/α-hetero) is 1. The molecule has 1 heterocycles. The number of anilines is 1. The van der Waals surface area contributed by atoms with Crippen molar-refractivity contribution >= 4 is 34.9 Å². The van der Waals surface area contributed by atoms with Crippen LogP contribution in [0.3, 0.4) is 0 Å². The van der Waals surface area contributed by atoms with E-state index in [0.717, 1.165) is 19.3 Å². The molecule has 3 fully saturated rings. The molecule has 5 nitrogen and oxygen atoms in total. The molecule has 2 amide bonds. The lowest BCUT2D eigenvalue weighted by Gasteiger charge is -2.19. The van der Waals surface area contributed by atoms with E-state index in [-0.39, 0.29) is 36.0 Å². The Hall–Kier alpha value is -2.66. The smallest absolute Gasteiger partial charge is 0.237 e. The number of benzene rings is 2. The maximum Gasteiger partial charge on any atom is 0.237 e. The van der Waals surface area contributed by atoms with Gasteiger partial charge in [-0.1, -0.05) is 17.7 Å². The van der Waals surface area contributed by atoms with E-state index in [9.17, 15) is 14.4 Å². The van der Waals surface area contributed by atoms with Crippen molar-refractivity contribution in [3.05, 3.63) is 59.1 Å². The summed E-state index contributed by atoms with van der Waals surface area (Å²) < 4.78 is 5.64. The van der Waals surface area contributed by atoms with Crippen LogP contribution in [0.2, 0.25) is 5.02 Å². The summed E-state index contributed by atoms with van der Waals surface area (Å²) in [5.74, 6) is 0.500. The van der Waals surface area contributed by atoms with E-state index in [1.54, 1.807) is 48.5 Å². The molecule has 0 N–H and O–H groups in total. The van der Waals surface area contributed by atoms with Gasteiger partial charge in [0.25, 0.3) is 0 Å². The normalized spacial score (nSPS) is 27.4. The van der Waals surface area contributed by atoms with E-state index in [1.807, 2.05) is 0 Å². The number of amides is 2. The molecule has 0 unspecified atom stereocenters. The Morgan fingerprint density at radius 1 is 1.00 bits per heavy atom. The van der Waals surface area contributed by atoms with Crippen LogP contribution in [0.1, 0.15) is 29.6 Å². The Bertz CT molecular complexity index is 974. The van der Waals surface area contributed by atoms with Crippen LogP contribution in [-0.2, 0) is 9.59 Å². The zero-order chi connectivity index (χ0) is 20.1. The number of ether oxygens (including phenoxy) is 1. The summed E-state index contributed by atoms with van der Waals surface area (Å²) in [4.78, 5) is 39.6. The Balaban J connectivity index is 1.31. The third-order valence-electron chi connectivity index (χ3n) is 6.54. The number of halogens is 1. The minimum Gasteiger partial charge on any atom is -0.485 e. The molecule has 6 heteroatoms. The number of carbonyl (C=O) groups is 3. The summed E-state index contributed by atoms with van der Waals surface area (Å²) >= 11 is 5.85. The third kappa shape index (κ3) is 3.04. The maximum atomic E-state index is 13.0. The Kier molecular flexibility index (Phi) is 4.43. The van der Waals surface area contributed by atoms with Crippen molar-refractivity contribution in [3.8, 4) is 5.75 Å². The average molecular weight is 410 g/mol. The molecule has 29 heavy (non-hydrogen) atoms. The molecule has 0 radical (unpaired) electrons. The van der Waals surface area contributed by atoms with Gasteiger partial charge in [-0.15, -0.1) is 0 Å². The van der Waals surface area contributed by atoms with Crippen LogP contribution in [0.5, 0.6) is 5.75 Å². The fourth-order valence-electron chi connectivity index (χ4n) is 5.24. The molecule has 4 atom stereocenters. The zero-order valence-electron chi connectivity index (χ0n) is 15.7. The second-order valence-corrected chi connectivity index (χ2v) is 8.55. The highest BCUT2D eigenvalue weighted by Gasteiger charge is 2.61. The molecule has 2 saturated carbocycles. The van der Waals surface area contributed by atoms with Gasteiger partial charge >= 0.3 is 0 Å². The van der Waals surface area contributed by atoms with Crippen molar-refractivity contribution in [2.75, 3.05) is 11.5 Å². The maximum absolute atomic E-state index is 13.0. The molecule has 2 aromatic rings. The molecule has 148 valence electrons. The van der Waals surface area contributed by atoms with E-state index in [1.165, 1.54) is 4.90 Å².